The first-order valence-corrected chi connectivity index (χ1v) is 5.06. The molecule has 1 rings (SSSR count). The van der Waals surface area contributed by atoms with Crippen molar-refractivity contribution in [2.24, 2.45) is 0 Å². The highest BCUT2D eigenvalue weighted by Crippen LogP contribution is 2.22. The van der Waals surface area contributed by atoms with Crippen LogP contribution in [0.1, 0.15) is 15.9 Å². The summed E-state index contributed by atoms with van der Waals surface area (Å²) < 4.78 is 1.07. The van der Waals surface area contributed by atoms with Crippen molar-refractivity contribution in [2.45, 2.75) is 0 Å². The molecule has 1 N–H and O–H groups in total. The Balaban J connectivity index is 3.39. The van der Waals surface area contributed by atoms with Gasteiger partial charge in [-0.25, -0.2) is 4.79 Å². The van der Waals surface area contributed by atoms with Crippen molar-refractivity contribution < 1.29 is 9.90 Å². The van der Waals surface area contributed by atoms with Crippen LogP contribution >= 0.6 is 38.5 Å². The summed E-state index contributed by atoms with van der Waals surface area (Å²) in [6.45, 7) is 0. The molecule has 0 heterocycles. The maximum absolute atomic E-state index is 10.7. The first kappa shape index (κ1) is 10.5. The van der Waals surface area contributed by atoms with Gasteiger partial charge in [0.1, 0.15) is 6.07 Å². The molecule has 0 amide bonds. The van der Waals surface area contributed by atoms with Gasteiger partial charge in [0.05, 0.1) is 11.1 Å². The molecule has 0 bridgehead atoms. The van der Waals surface area contributed by atoms with E-state index in [2.05, 4.69) is 15.9 Å². The monoisotopic (exact) mass is 351 g/mol. The lowest BCUT2D eigenvalue weighted by molar-refractivity contribution is 0.0696. The van der Waals surface area contributed by atoms with Crippen LogP contribution in [0.2, 0.25) is 0 Å². The Bertz CT molecular complexity index is 411. The van der Waals surface area contributed by atoms with Gasteiger partial charge in [-0.15, -0.1) is 0 Å². The summed E-state index contributed by atoms with van der Waals surface area (Å²) in [7, 11) is 0. The fourth-order valence-electron chi connectivity index (χ4n) is 0.796. The zero-order valence-corrected chi connectivity index (χ0v) is 9.96. The first-order valence-electron chi connectivity index (χ1n) is 3.18. The van der Waals surface area contributed by atoms with Gasteiger partial charge in [0.15, 0.2) is 0 Å². The van der Waals surface area contributed by atoms with Gasteiger partial charge in [0.25, 0.3) is 0 Å². The summed E-state index contributed by atoms with van der Waals surface area (Å²) in [5, 5.41) is 17.4. The smallest absolute Gasteiger partial charge is 0.336 e. The number of carbonyl (C=O) groups is 1. The highest BCUT2D eigenvalue weighted by atomic mass is 127. The van der Waals surface area contributed by atoms with Crippen LogP contribution in [0.15, 0.2) is 16.6 Å². The average Bonchev–Trinajstić information content (AvgIpc) is 2.07. The Morgan fingerprint density at radius 2 is 2.23 bits per heavy atom. The van der Waals surface area contributed by atoms with E-state index in [0.717, 1.165) is 0 Å². The Labute approximate surface area is 96.6 Å². The number of nitriles is 1. The summed E-state index contributed by atoms with van der Waals surface area (Å²) >= 11 is 5.02. The van der Waals surface area contributed by atoms with Crippen molar-refractivity contribution in [3.8, 4) is 6.07 Å². The van der Waals surface area contributed by atoms with Crippen LogP contribution in [0.25, 0.3) is 0 Å². The van der Waals surface area contributed by atoms with Crippen molar-refractivity contribution in [3.63, 3.8) is 0 Å². The highest BCUT2D eigenvalue weighted by molar-refractivity contribution is 14.1. The van der Waals surface area contributed by atoms with Crippen molar-refractivity contribution in [2.75, 3.05) is 0 Å². The topological polar surface area (TPSA) is 61.1 Å². The molecule has 0 aliphatic rings. The van der Waals surface area contributed by atoms with Gasteiger partial charge in [-0.1, -0.05) is 0 Å². The summed E-state index contributed by atoms with van der Waals surface area (Å²) in [5.41, 5.74) is 0.640. The molecule has 0 spiro atoms. The van der Waals surface area contributed by atoms with E-state index in [-0.39, 0.29) is 5.56 Å². The molecule has 0 radical (unpaired) electrons. The lowest BCUT2D eigenvalue weighted by Gasteiger charge is -2.01. The van der Waals surface area contributed by atoms with Crippen molar-refractivity contribution in [1.29, 1.82) is 5.26 Å². The van der Waals surface area contributed by atoms with Crippen molar-refractivity contribution >= 4 is 44.5 Å². The minimum Gasteiger partial charge on any atom is -0.478 e. The molecular weight excluding hydrogens is 349 g/mol. The first-order chi connectivity index (χ1) is 6.06. The Morgan fingerprint density at radius 1 is 1.62 bits per heavy atom. The van der Waals surface area contributed by atoms with Crippen LogP contribution in [0.4, 0.5) is 0 Å². The van der Waals surface area contributed by atoms with E-state index in [1.165, 1.54) is 12.1 Å². The zero-order chi connectivity index (χ0) is 10.0. The van der Waals surface area contributed by atoms with Gasteiger partial charge < -0.3 is 5.11 Å². The molecule has 0 aliphatic carbocycles. The van der Waals surface area contributed by atoms with E-state index < -0.39 is 5.97 Å². The maximum Gasteiger partial charge on any atom is 0.336 e. The van der Waals surface area contributed by atoms with Gasteiger partial charge in [-0.05, 0) is 50.7 Å². The lowest BCUT2D eigenvalue weighted by atomic mass is 10.1. The van der Waals surface area contributed by atoms with Gasteiger partial charge in [-0.3, -0.25) is 0 Å². The lowest BCUT2D eigenvalue weighted by Crippen LogP contribution is -1.99. The Morgan fingerprint density at radius 3 is 2.69 bits per heavy atom. The molecule has 1 aromatic carbocycles. The van der Waals surface area contributed by atoms with E-state index in [9.17, 15) is 4.79 Å². The van der Waals surface area contributed by atoms with Gasteiger partial charge in [0, 0.05) is 8.04 Å². The maximum atomic E-state index is 10.7. The van der Waals surface area contributed by atoms with E-state index >= 15 is 0 Å². The van der Waals surface area contributed by atoms with E-state index in [1.54, 1.807) is 0 Å². The van der Waals surface area contributed by atoms with E-state index in [1.807, 2.05) is 28.7 Å². The fourth-order valence-corrected chi connectivity index (χ4v) is 1.90. The van der Waals surface area contributed by atoms with Gasteiger partial charge in [0.2, 0.25) is 0 Å². The van der Waals surface area contributed by atoms with Crippen LogP contribution in [-0.4, -0.2) is 11.1 Å². The number of carboxylic acid groups (broad SMARTS) is 1. The minimum atomic E-state index is -1.01. The summed E-state index contributed by atoms with van der Waals surface area (Å²) in [4.78, 5) is 10.7. The standard InChI is InChI=1S/C8H3BrINO2/c9-6-1-4(3-11)7(10)2-5(6)8(12)13/h1-2H,(H,12,13). The average molecular weight is 352 g/mol. The number of hydrogen-bond donors (Lipinski definition) is 1. The largest absolute Gasteiger partial charge is 0.478 e. The third-order valence-corrected chi connectivity index (χ3v) is 2.96. The number of rotatable bonds is 1. The third kappa shape index (κ3) is 2.19. The normalized spacial score (nSPS) is 9.31. The SMILES string of the molecule is N#Cc1cc(Br)c(C(=O)O)cc1I. The van der Waals surface area contributed by atoms with E-state index in [4.69, 9.17) is 10.4 Å². The molecule has 5 heteroatoms. The number of benzene rings is 1. The van der Waals surface area contributed by atoms with Crippen LogP contribution in [0, 0.1) is 14.9 Å². The summed E-state index contributed by atoms with van der Waals surface area (Å²) in [6.07, 6.45) is 0. The highest BCUT2D eigenvalue weighted by Gasteiger charge is 2.11. The molecule has 0 unspecified atom stereocenters. The predicted octanol–water partition coefficient (Wildman–Crippen LogP) is 2.62. The number of carboxylic acids is 1. The summed E-state index contributed by atoms with van der Waals surface area (Å²) in [5.74, 6) is -1.01. The molecular formula is C8H3BrINO2. The number of hydrogen-bond acceptors (Lipinski definition) is 2. The molecule has 0 aliphatic heterocycles. The molecule has 0 saturated heterocycles. The molecule has 3 nitrogen and oxygen atoms in total. The second kappa shape index (κ2) is 4.07. The number of nitrogens with zero attached hydrogens (tertiary/aromatic N) is 1. The van der Waals surface area contributed by atoms with Crippen LogP contribution in [-0.2, 0) is 0 Å². The Kier molecular flexibility index (Phi) is 3.27. The van der Waals surface area contributed by atoms with Crippen LogP contribution < -0.4 is 0 Å². The quantitative estimate of drug-likeness (QED) is 0.791. The zero-order valence-electron chi connectivity index (χ0n) is 6.21. The minimum absolute atomic E-state index is 0.170. The third-order valence-electron chi connectivity index (χ3n) is 1.41. The predicted molar refractivity (Wildman–Crippen MR) is 58.5 cm³/mol. The van der Waals surface area contributed by atoms with Crippen molar-refractivity contribution in [3.05, 3.63) is 31.3 Å². The molecule has 0 fully saturated rings. The van der Waals surface area contributed by atoms with Gasteiger partial charge >= 0.3 is 5.97 Å². The van der Waals surface area contributed by atoms with E-state index in [0.29, 0.717) is 13.6 Å². The fraction of sp³-hybridized carbons (Fsp3) is 0. The molecule has 0 atom stereocenters. The molecule has 0 saturated carbocycles. The van der Waals surface area contributed by atoms with Crippen LogP contribution in [0.3, 0.4) is 0 Å². The number of halogens is 2. The number of aromatic carboxylic acids is 1. The van der Waals surface area contributed by atoms with Crippen molar-refractivity contribution in [1.82, 2.24) is 0 Å². The molecule has 66 valence electrons. The summed E-state index contributed by atoms with van der Waals surface area (Å²) in [6, 6.07) is 4.94. The molecule has 13 heavy (non-hydrogen) atoms. The molecule has 0 aromatic heterocycles. The second-order valence-corrected chi connectivity index (χ2v) is 4.25. The van der Waals surface area contributed by atoms with Gasteiger partial charge in [-0.2, -0.15) is 5.26 Å². The molecule has 1 aromatic rings. The second-order valence-electron chi connectivity index (χ2n) is 2.23. The van der Waals surface area contributed by atoms with Crippen LogP contribution in [0.5, 0.6) is 0 Å². The Hall–Kier alpha value is -0.610.